The quantitative estimate of drug-likeness (QED) is 0.828. The number of anilines is 1. The summed E-state index contributed by atoms with van der Waals surface area (Å²) < 4.78 is 23.2. The van der Waals surface area contributed by atoms with E-state index in [1.54, 1.807) is 30.3 Å². The van der Waals surface area contributed by atoms with Crippen molar-refractivity contribution in [2.75, 3.05) is 36.5 Å². The summed E-state index contributed by atoms with van der Waals surface area (Å²) in [6, 6.07) is 3.30. The molecule has 3 rings (SSSR count). The highest BCUT2D eigenvalue weighted by atomic mass is 32.2. The van der Waals surface area contributed by atoms with Crippen molar-refractivity contribution in [3.8, 4) is 0 Å². The van der Waals surface area contributed by atoms with Crippen LogP contribution in [0.25, 0.3) is 0 Å². The monoisotopic (exact) mass is 323 g/mol. The van der Waals surface area contributed by atoms with Gasteiger partial charge in [-0.05, 0) is 31.4 Å². The third-order valence-electron chi connectivity index (χ3n) is 4.50. The van der Waals surface area contributed by atoms with Gasteiger partial charge < -0.3 is 9.80 Å². The number of hydrogen-bond donors (Lipinski definition) is 0. The normalized spacial score (nSPS) is 23.7. The Balaban J connectivity index is 1.83. The van der Waals surface area contributed by atoms with Gasteiger partial charge in [0.2, 0.25) is 0 Å². The molecule has 2 aliphatic heterocycles. The summed E-state index contributed by atoms with van der Waals surface area (Å²) in [7, 11) is -1.31. The number of aromatic nitrogens is 1. The van der Waals surface area contributed by atoms with Gasteiger partial charge in [0.1, 0.15) is 5.82 Å². The number of pyridine rings is 1. The zero-order chi connectivity index (χ0) is 15.7. The van der Waals surface area contributed by atoms with E-state index in [-0.39, 0.29) is 23.5 Å². The molecule has 1 amide bonds. The summed E-state index contributed by atoms with van der Waals surface area (Å²) in [4.78, 5) is 20.9. The van der Waals surface area contributed by atoms with Crippen LogP contribution in [0.2, 0.25) is 0 Å². The lowest BCUT2D eigenvalue weighted by Gasteiger charge is -2.26. The fraction of sp³-hybridized carbons (Fsp3) is 0.600. The predicted octanol–water partition coefficient (Wildman–Crippen LogP) is 0.941. The number of sulfone groups is 1. The Morgan fingerprint density at radius 1 is 1.36 bits per heavy atom. The van der Waals surface area contributed by atoms with E-state index in [2.05, 4.69) is 9.88 Å². The van der Waals surface area contributed by atoms with Gasteiger partial charge in [0.05, 0.1) is 17.1 Å². The molecule has 7 heteroatoms. The second-order valence-corrected chi connectivity index (χ2v) is 8.27. The van der Waals surface area contributed by atoms with Crippen molar-refractivity contribution in [1.82, 2.24) is 9.88 Å². The molecule has 22 heavy (non-hydrogen) atoms. The van der Waals surface area contributed by atoms with Gasteiger partial charge >= 0.3 is 0 Å². The van der Waals surface area contributed by atoms with Crippen LogP contribution >= 0.6 is 0 Å². The molecule has 0 spiro atoms. The number of hydrogen-bond acceptors (Lipinski definition) is 5. The van der Waals surface area contributed by atoms with E-state index in [0.29, 0.717) is 12.0 Å². The fourth-order valence-corrected chi connectivity index (χ4v) is 4.96. The summed E-state index contributed by atoms with van der Waals surface area (Å²) in [6.07, 6.45) is 4.44. The van der Waals surface area contributed by atoms with E-state index in [4.69, 9.17) is 0 Å². The lowest BCUT2D eigenvalue weighted by molar-refractivity contribution is 0.0748. The lowest BCUT2D eigenvalue weighted by atomic mass is 10.1. The number of carbonyl (C=O) groups is 1. The SMILES string of the molecule is CN(C(=O)c1cccnc1N1CCCC1)[C@H]1CCS(=O)(=O)C1. The van der Waals surface area contributed by atoms with Crippen LogP contribution < -0.4 is 4.90 Å². The van der Waals surface area contributed by atoms with Gasteiger partial charge in [0.15, 0.2) is 9.84 Å². The summed E-state index contributed by atoms with van der Waals surface area (Å²) in [5.74, 6) is 0.811. The standard InChI is InChI=1S/C15H21N3O3S/c1-17(12-6-10-22(20,21)11-12)15(19)13-5-4-7-16-14(13)18-8-2-3-9-18/h4-5,7,12H,2-3,6,8-11H2,1H3/t12-/m0/s1. The summed E-state index contributed by atoms with van der Waals surface area (Å²) in [6.45, 7) is 1.83. The fourth-order valence-electron chi connectivity index (χ4n) is 3.18. The maximum Gasteiger partial charge on any atom is 0.257 e. The summed E-state index contributed by atoms with van der Waals surface area (Å²) in [5, 5.41) is 0. The average Bonchev–Trinajstić information content (AvgIpc) is 3.15. The van der Waals surface area contributed by atoms with E-state index in [9.17, 15) is 13.2 Å². The predicted molar refractivity (Wildman–Crippen MR) is 84.8 cm³/mol. The van der Waals surface area contributed by atoms with E-state index in [1.165, 1.54) is 0 Å². The first kappa shape index (κ1) is 15.3. The molecule has 0 radical (unpaired) electrons. The maximum absolute atomic E-state index is 12.8. The van der Waals surface area contributed by atoms with Crippen molar-refractivity contribution in [1.29, 1.82) is 0 Å². The minimum atomic E-state index is -3.00. The first-order valence-electron chi connectivity index (χ1n) is 7.65. The minimum Gasteiger partial charge on any atom is -0.356 e. The van der Waals surface area contributed by atoms with Crippen molar-refractivity contribution in [2.24, 2.45) is 0 Å². The molecule has 1 atom stereocenters. The van der Waals surface area contributed by atoms with Crippen molar-refractivity contribution < 1.29 is 13.2 Å². The Kier molecular flexibility index (Phi) is 4.08. The first-order chi connectivity index (χ1) is 10.5. The largest absolute Gasteiger partial charge is 0.356 e. The van der Waals surface area contributed by atoms with Crippen LogP contribution in [0.15, 0.2) is 18.3 Å². The molecular weight excluding hydrogens is 302 g/mol. The van der Waals surface area contributed by atoms with Gasteiger partial charge in [-0.25, -0.2) is 13.4 Å². The highest BCUT2D eigenvalue weighted by molar-refractivity contribution is 7.91. The molecule has 2 fully saturated rings. The maximum atomic E-state index is 12.8. The summed E-state index contributed by atoms with van der Waals surface area (Å²) >= 11 is 0. The smallest absolute Gasteiger partial charge is 0.257 e. The second kappa shape index (κ2) is 5.87. The molecular formula is C15H21N3O3S. The molecule has 1 aromatic rings. The van der Waals surface area contributed by atoms with E-state index in [0.717, 1.165) is 31.7 Å². The molecule has 2 saturated heterocycles. The molecule has 0 aliphatic carbocycles. The van der Waals surface area contributed by atoms with Crippen molar-refractivity contribution in [3.05, 3.63) is 23.9 Å². The first-order valence-corrected chi connectivity index (χ1v) is 9.47. The Hall–Kier alpha value is -1.63. The van der Waals surface area contributed by atoms with E-state index >= 15 is 0 Å². The van der Waals surface area contributed by atoms with Gasteiger partial charge in [-0.3, -0.25) is 4.79 Å². The zero-order valence-electron chi connectivity index (χ0n) is 12.7. The average molecular weight is 323 g/mol. The molecule has 0 saturated carbocycles. The molecule has 3 heterocycles. The molecule has 0 unspecified atom stereocenters. The Labute approximate surface area is 131 Å². The Morgan fingerprint density at radius 2 is 2.09 bits per heavy atom. The van der Waals surface area contributed by atoms with Crippen LogP contribution in [0.1, 0.15) is 29.6 Å². The second-order valence-electron chi connectivity index (χ2n) is 6.04. The highest BCUT2D eigenvalue weighted by Gasteiger charge is 2.34. The van der Waals surface area contributed by atoms with E-state index < -0.39 is 9.84 Å². The Bertz CT molecular complexity index is 668. The van der Waals surface area contributed by atoms with E-state index in [1.807, 2.05) is 0 Å². The van der Waals surface area contributed by atoms with Crippen LogP contribution in [0.3, 0.4) is 0 Å². The zero-order valence-corrected chi connectivity index (χ0v) is 13.6. The molecule has 1 aromatic heterocycles. The third-order valence-corrected chi connectivity index (χ3v) is 6.25. The molecule has 6 nitrogen and oxygen atoms in total. The molecule has 0 N–H and O–H groups in total. The number of nitrogens with zero attached hydrogens (tertiary/aromatic N) is 3. The highest BCUT2D eigenvalue weighted by Crippen LogP contribution is 2.25. The topological polar surface area (TPSA) is 70.6 Å². The summed E-state index contributed by atoms with van der Waals surface area (Å²) in [5.41, 5.74) is 0.566. The van der Waals surface area contributed by atoms with Crippen molar-refractivity contribution in [2.45, 2.75) is 25.3 Å². The molecule has 0 aromatic carbocycles. The van der Waals surface area contributed by atoms with Gasteiger partial charge in [-0.15, -0.1) is 0 Å². The number of amides is 1. The lowest BCUT2D eigenvalue weighted by Crippen LogP contribution is -2.38. The van der Waals surface area contributed by atoms with Crippen LogP contribution in [-0.4, -0.2) is 61.9 Å². The molecule has 0 bridgehead atoms. The minimum absolute atomic E-state index is 0.0640. The third kappa shape index (κ3) is 2.95. The number of rotatable bonds is 3. The van der Waals surface area contributed by atoms with Gasteiger partial charge in [0, 0.05) is 32.4 Å². The van der Waals surface area contributed by atoms with Crippen LogP contribution in [0, 0.1) is 0 Å². The van der Waals surface area contributed by atoms with Crippen LogP contribution in [0.4, 0.5) is 5.82 Å². The van der Waals surface area contributed by atoms with Crippen LogP contribution in [-0.2, 0) is 9.84 Å². The van der Waals surface area contributed by atoms with Crippen molar-refractivity contribution >= 4 is 21.6 Å². The van der Waals surface area contributed by atoms with Crippen LogP contribution in [0.5, 0.6) is 0 Å². The Morgan fingerprint density at radius 3 is 2.73 bits per heavy atom. The van der Waals surface area contributed by atoms with Gasteiger partial charge in [-0.1, -0.05) is 0 Å². The van der Waals surface area contributed by atoms with Gasteiger partial charge in [0.25, 0.3) is 5.91 Å². The van der Waals surface area contributed by atoms with Crippen molar-refractivity contribution in [3.63, 3.8) is 0 Å². The molecule has 2 aliphatic rings. The van der Waals surface area contributed by atoms with Gasteiger partial charge in [-0.2, -0.15) is 0 Å². The molecule has 120 valence electrons. The number of carbonyl (C=O) groups excluding carboxylic acids is 1.